The molecule has 1 aliphatic carbocycles. The molecule has 0 unspecified atom stereocenters. The number of nitrogens with one attached hydrogen (secondary N) is 1. The highest BCUT2D eigenvalue weighted by Crippen LogP contribution is 2.29. The maximum Gasteiger partial charge on any atom is 0.184 e. The number of hydrogen-bond acceptors (Lipinski definition) is 3. The normalized spacial score (nSPS) is 21.9. The molecule has 2 heterocycles. The fourth-order valence-electron chi connectivity index (χ4n) is 2.64. The Balaban J connectivity index is 1.83. The molecular weight excluding hydrogens is 202 g/mol. The molecule has 3 rings (SSSR count). The number of Topliss-reactive ketones (excluding diaryl/α,β-unsaturated/α-hetero) is 1. The lowest BCUT2D eigenvalue weighted by molar-refractivity contribution is -0.113. The van der Waals surface area contributed by atoms with E-state index in [1.54, 1.807) is 12.4 Å². The van der Waals surface area contributed by atoms with Gasteiger partial charge in [0.2, 0.25) is 0 Å². The molecule has 0 radical (unpaired) electrons. The van der Waals surface area contributed by atoms with Crippen LogP contribution in [0.15, 0.2) is 18.6 Å². The molecule has 4 heteroatoms. The molecule has 0 spiro atoms. The van der Waals surface area contributed by atoms with Crippen LogP contribution in [0.3, 0.4) is 0 Å². The summed E-state index contributed by atoms with van der Waals surface area (Å²) >= 11 is 0. The summed E-state index contributed by atoms with van der Waals surface area (Å²) < 4.78 is 0. The number of carbonyl (C=O) groups is 1. The van der Waals surface area contributed by atoms with Crippen LogP contribution in [0.2, 0.25) is 0 Å². The van der Waals surface area contributed by atoms with Gasteiger partial charge in [0, 0.05) is 29.6 Å². The van der Waals surface area contributed by atoms with Crippen molar-refractivity contribution in [3.05, 3.63) is 24.2 Å². The summed E-state index contributed by atoms with van der Waals surface area (Å²) in [6.45, 7) is 0.547. The van der Waals surface area contributed by atoms with Crippen LogP contribution >= 0.6 is 0 Å². The van der Waals surface area contributed by atoms with Crippen molar-refractivity contribution in [3.63, 3.8) is 0 Å². The molecule has 1 saturated carbocycles. The molecule has 0 amide bonds. The third-order valence-electron chi connectivity index (χ3n) is 3.52. The van der Waals surface area contributed by atoms with Crippen LogP contribution in [0.1, 0.15) is 31.2 Å². The van der Waals surface area contributed by atoms with Gasteiger partial charge in [0.05, 0.1) is 12.7 Å². The zero-order valence-electron chi connectivity index (χ0n) is 9.15. The van der Waals surface area contributed by atoms with Crippen LogP contribution in [-0.2, 0) is 4.79 Å². The average molecular weight is 217 g/mol. The van der Waals surface area contributed by atoms with E-state index < -0.39 is 0 Å². The van der Waals surface area contributed by atoms with Crippen molar-refractivity contribution in [2.24, 2.45) is 0 Å². The first-order valence-corrected chi connectivity index (χ1v) is 5.84. The van der Waals surface area contributed by atoms with Crippen LogP contribution in [0.5, 0.6) is 0 Å². The smallest absolute Gasteiger partial charge is 0.184 e. The summed E-state index contributed by atoms with van der Waals surface area (Å²) in [4.78, 5) is 14.1. The molecule has 0 saturated heterocycles. The minimum absolute atomic E-state index is 0.216. The molecule has 0 aromatic carbocycles. The number of carbonyl (C=O) groups excluding carboxylic acids is 1. The van der Waals surface area contributed by atoms with Crippen molar-refractivity contribution in [3.8, 4) is 0 Å². The number of ketones is 1. The summed E-state index contributed by atoms with van der Waals surface area (Å²) in [5.41, 5.74) is 1.71. The molecular formula is C12H15N3O. The zero-order valence-corrected chi connectivity index (χ0v) is 9.15. The Morgan fingerprint density at radius 2 is 2.19 bits per heavy atom. The van der Waals surface area contributed by atoms with Gasteiger partial charge in [-0.1, -0.05) is 12.8 Å². The van der Waals surface area contributed by atoms with Crippen molar-refractivity contribution in [1.82, 2.24) is 15.1 Å². The van der Waals surface area contributed by atoms with Gasteiger partial charge in [0.1, 0.15) is 0 Å². The van der Waals surface area contributed by atoms with Crippen molar-refractivity contribution >= 4 is 11.4 Å². The zero-order chi connectivity index (χ0) is 11.0. The van der Waals surface area contributed by atoms with Gasteiger partial charge in [-0.3, -0.25) is 9.89 Å². The Morgan fingerprint density at radius 1 is 1.38 bits per heavy atom. The molecule has 1 aromatic heterocycles. The largest absolute Gasteiger partial charge is 0.366 e. The third-order valence-corrected chi connectivity index (χ3v) is 3.52. The molecule has 84 valence electrons. The van der Waals surface area contributed by atoms with Gasteiger partial charge in [-0.25, -0.2) is 0 Å². The number of aromatic nitrogens is 2. The molecule has 1 N–H and O–H groups in total. The Kier molecular flexibility index (Phi) is 2.27. The van der Waals surface area contributed by atoms with Gasteiger partial charge in [0.25, 0.3) is 0 Å². The number of aromatic amines is 1. The van der Waals surface area contributed by atoms with Crippen molar-refractivity contribution < 1.29 is 4.79 Å². The van der Waals surface area contributed by atoms with E-state index in [2.05, 4.69) is 15.1 Å². The number of rotatable bonds is 2. The van der Waals surface area contributed by atoms with Gasteiger partial charge in [-0.2, -0.15) is 5.10 Å². The minimum atomic E-state index is 0.216. The maximum atomic E-state index is 11.9. The van der Waals surface area contributed by atoms with E-state index in [9.17, 15) is 4.79 Å². The fraction of sp³-hybridized carbons (Fsp3) is 0.500. The third kappa shape index (κ3) is 1.54. The van der Waals surface area contributed by atoms with E-state index in [-0.39, 0.29) is 5.78 Å². The van der Waals surface area contributed by atoms with Crippen LogP contribution in [-0.4, -0.2) is 33.5 Å². The lowest BCUT2D eigenvalue weighted by Gasteiger charge is -2.22. The molecule has 4 nitrogen and oxygen atoms in total. The van der Waals surface area contributed by atoms with E-state index in [1.807, 2.05) is 6.20 Å². The van der Waals surface area contributed by atoms with E-state index in [4.69, 9.17) is 0 Å². The van der Waals surface area contributed by atoms with Crippen molar-refractivity contribution in [2.45, 2.75) is 31.7 Å². The summed E-state index contributed by atoms with van der Waals surface area (Å²) in [6, 6.07) is 0.577. The first kappa shape index (κ1) is 9.63. The second-order valence-electron chi connectivity index (χ2n) is 4.56. The number of nitrogens with zero attached hydrogens (tertiary/aromatic N) is 2. The highest BCUT2D eigenvalue weighted by atomic mass is 16.1. The Hall–Kier alpha value is -1.58. The summed E-state index contributed by atoms with van der Waals surface area (Å²) in [5, 5.41) is 6.64. The standard InChI is InChI=1S/C12H15N3O/c16-12-8-15(10-3-1-2-4-10)7-11(12)9-5-13-14-6-9/h5-7,10H,1-4,8H2,(H,13,14). The van der Waals surface area contributed by atoms with Gasteiger partial charge in [-0.05, 0) is 12.8 Å². The molecule has 0 bridgehead atoms. The van der Waals surface area contributed by atoms with Gasteiger partial charge < -0.3 is 4.90 Å². The topological polar surface area (TPSA) is 49.0 Å². The van der Waals surface area contributed by atoms with E-state index in [0.717, 1.165) is 11.1 Å². The van der Waals surface area contributed by atoms with Crippen LogP contribution in [0.4, 0.5) is 0 Å². The Morgan fingerprint density at radius 3 is 2.88 bits per heavy atom. The van der Waals surface area contributed by atoms with E-state index in [0.29, 0.717) is 12.6 Å². The number of hydrogen-bond donors (Lipinski definition) is 1. The SMILES string of the molecule is O=C1CN(C2CCCC2)C=C1c1cn[nH]c1. The fourth-order valence-corrected chi connectivity index (χ4v) is 2.64. The van der Waals surface area contributed by atoms with Crippen LogP contribution in [0, 0.1) is 0 Å². The lowest BCUT2D eigenvalue weighted by atomic mass is 10.1. The maximum absolute atomic E-state index is 11.9. The van der Waals surface area contributed by atoms with E-state index in [1.165, 1.54) is 25.7 Å². The van der Waals surface area contributed by atoms with Gasteiger partial charge in [-0.15, -0.1) is 0 Å². The highest BCUT2D eigenvalue weighted by Gasteiger charge is 2.29. The molecule has 2 aliphatic rings. The molecule has 1 aliphatic heterocycles. The van der Waals surface area contributed by atoms with Crippen LogP contribution in [0.25, 0.3) is 5.57 Å². The summed E-state index contributed by atoms with van der Waals surface area (Å²) in [6.07, 6.45) is 10.5. The molecule has 16 heavy (non-hydrogen) atoms. The molecule has 1 aromatic rings. The second-order valence-corrected chi connectivity index (χ2v) is 4.56. The predicted octanol–water partition coefficient (Wildman–Crippen LogP) is 1.58. The van der Waals surface area contributed by atoms with Crippen molar-refractivity contribution in [2.75, 3.05) is 6.54 Å². The average Bonchev–Trinajstić information content (AvgIpc) is 2.97. The highest BCUT2D eigenvalue weighted by molar-refractivity contribution is 6.23. The molecule has 0 atom stereocenters. The summed E-state index contributed by atoms with van der Waals surface area (Å²) in [5.74, 6) is 0.216. The molecule has 1 fully saturated rings. The minimum Gasteiger partial charge on any atom is -0.366 e. The summed E-state index contributed by atoms with van der Waals surface area (Å²) in [7, 11) is 0. The van der Waals surface area contributed by atoms with Crippen molar-refractivity contribution in [1.29, 1.82) is 0 Å². The lowest BCUT2D eigenvalue weighted by Crippen LogP contribution is -2.28. The Bertz CT molecular complexity index is 415. The quantitative estimate of drug-likeness (QED) is 0.818. The van der Waals surface area contributed by atoms with E-state index >= 15 is 0 Å². The predicted molar refractivity (Wildman–Crippen MR) is 60.5 cm³/mol. The first-order chi connectivity index (χ1) is 7.84. The van der Waals surface area contributed by atoms with Gasteiger partial charge >= 0.3 is 0 Å². The number of H-pyrrole nitrogens is 1. The monoisotopic (exact) mass is 217 g/mol. The van der Waals surface area contributed by atoms with Crippen LogP contribution < -0.4 is 0 Å². The first-order valence-electron chi connectivity index (χ1n) is 5.84. The van der Waals surface area contributed by atoms with Gasteiger partial charge in [0.15, 0.2) is 5.78 Å². The Labute approximate surface area is 94.3 Å². The second kappa shape index (κ2) is 3.77.